The summed E-state index contributed by atoms with van der Waals surface area (Å²) < 4.78 is 1.27. The summed E-state index contributed by atoms with van der Waals surface area (Å²) in [5.74, 6) is 0. The predicted molar refractivity (Wildman–Crippen MR) is 77.9 cm³/mol. The van der Waals surface area contributed by atoms with Gasteiger partial charge in [0.05, 0.1) is 0 Å². The molecule has 8 heteroatoms. The molecular weight excluding hydrogens is 394 g/mol. The monoisotopic (exact) mass is 413 g/mol. The molecule has 0 fully saturated rings. The predicted octanol–water partition coefficient (Wildman–Crippen LogP) is 2.82. The van der Waals surface area contributed by atoms with Gasteiger partial charge in [-0.15, -0.1) is 0 Å². The third-order valence-corrected chi connectivity index (χ3v) is 2.99. The second kappa shape index (κ2) is 26.4. The third kappa shape index (κ3) is 19.1. The van der Waals surface area contributed by atoms with E-state index in [2.05, 4.69) is 35.3 Å². The van der Waals surface area contributed by atoms with Crippen LogP contribution in [0.2, 0.25) is 0 Å². The maximum atomic E-state index is 3.78. The second-order valence-corrected chi connectivity index (χ2v) is 3.88. The molecule has 0 saturated carbocycles. The van der Waals surface area contributed by atoms with Crippen LogP contribution in [0.3, 0.4) is 0 Å². The van der Waals surface area contributed by atoms with Gasteiger partial charge in [0.15, 0.2) is 0 Å². The van der Waals surface area contributed by atoms with E-state index in [-0.39, 0.29) is 28.2 Å². The summed E-state index contributed by atoms with van der Waals surface area (Å²) >= 11 is 1.33. The molecule has 20 heavy (non-hydrogen) atoms. The Kier molecular flexibility index (Phi) is 47.9. The Morgan fingerprint density at radius 1 is 0.650 bits per heavy atom. The molecular formula is C12H20F6NSb. The van der Waals surface area contributed by atoms with Crippen molar-refractivity contribution in [3.05, 3.63) is 66.5 Å². The van der Waals surface area contributed by atoms with Gasteiger partial charge in [0.1, 0.15) is 0 Å². The fourth-order valence-corrected chi connectivity index (χ4v) is 1.70. The normalized spacial score (nSPS) is 6.05. The first-order valence-electron chi connectivity index (χ1n) is 4.52. The van der Waals surface area contributed by atoms with E-state index in [9.17, 15) is 0 Å². The van der Waals surface area contributed by atoms with Crippen LogP contribution in [-0.4, -0.2) is 28.0 Å². The van der Waals surface area contributed by atoms with Gasteiger partial charge in [0, 0.05) is 12.4 Å². The minimum Gasteiger partial charge on any atom is -0.265 e. The Bertz CT molecular complexity index is 312. The van der Waals surface area contributed by atoms with Gasteiger partial charge in [0.2, 0.25) is 0 Å². The average molecular weight is 414 g/mol. The van der Waals surface area contributed by atoms with Crippen molar-refractivity contribution in [1.29, 1.82) is 0 Å². The van der Waals surface area contributed by atoms with Crippen molar-refractivity contribution < 1.29 is 28.2 Å². The van der Waals surface area contributed by atoms with Crippen LogP contribution < -0.4 is 0 Å². The van der Waals surface area contributed by atoms with Crippen molar-refractivity contribution in [3.8, 4) is 0 Å². The van der Waals surface area contributed by atoms with Crippen LogP contribution >= 0.6 is 0 Å². The van der Waals surface area contributed by atoms with E-state index in [1.165, 1.54) is 33.0 Å². The number of hydrogen-bond acceptors (Lipinski definition) is 1. The van der Waals surface area contributed by atoms with E-state index >= 15 is 0 Å². The zero-order valence-corrected chi connectivity index (χ0v) is 13.8. The number of aromatic nitrogens is 1. The number of hydrogen-bond donors (Lipinski definition) is 0. The summed E-state index contributed by atoms with van der Waals surface area (Å²) in [5, 5.41) is 0. The molecule has 0 aliphatic heterocycles. The molecule has 1 aromatic carbocycles. The zero-order chi connectivity index (χ0) is 10.1. The summed E-state index contributed by atoms with van der Waals surface area (Å²) in [6.07, 6.45) is 3.50. The van der Waals surface area contributed by atoms with E-state index in [4.69, 9.17) is 0 Å². The molecule has 0 unspecified atom stereocenters. The quantitative estimate of drug-likeness (QED) is 0.517. The number of pyridine rings is 1. The van der Waals surface area contributed by atoms with Gasteiger partial charge in [-0.25, -0.2) is 0 Å². The Morgan fingerprint density at radius 2 is 1.05 bits per heavy atom. The van der Waals surface area contributed by atoms with Gasteiger partial charge in [-0.05, 0) is 12.1 Å². The van der Waals surface area contributed by atoms with Crippen LogP contribution in [0.15, 0.2) is 60.9 Å². The number of halogens is 6. The van der Waals surface area contributed by atoms with Crippen LogP contribution in [0.5, 0.6) is 0 Å². The van der Waals surface area contributed by atoms with E-state index in [1.54, 1.807) is 12.4 Å². The van der Waals surface area contributed by atoms with Crippen molar-refractivity contribution in [1.82, 2.24) is 4.98 Å². The first-order chi connectivity index (χ1) is 6.93. The van der Waals surface area contributed by atoms with E-state index in [0.29, 0.717) is 0 Å². The first-order valence-corrected chi connectivity index (χ1v) is 6.85. The molecule has 0 atom stereocenters. The van der Waals surface area contributed by atoms with Crippen molar-refractivity contribution in [2.24, 2.45) is 0 Å². The Labute approximate surface area is 127 Å². The van der Waals surface area contributed by atoms with Gasteiger partial charge in [-0.2, -0.15) is 0 Å². The minimum atomic E-state index is 0. The van der Waals surface area contributed by atoms with Gasteiger partial charge in [-0.1, -0.05) is 6.07 Å². The molecule has 0 amide bonds. The van der Waals surface area contributed by atoms with Gasteiger partial charge < -0.3 is 0 Å². The summed E-state index contributed by atoms with van der Waals surface area (Å²) in [5.41, 5.74) is 1.47. The number of benzene rings is 1. The second-order valence-electron chi connectivity index (χ2n) is 2.71. The van der Waals surface area contributed by atoms with Gasteiger partial charge in [0.25, 0.3) is 0 Å². The molecule has 1 heterocycles. The molecule has 0 radical (unpaired) electrons. The van der Waals surface area contributed by atoms with Crippen LogP contribution in [0, 0.1) is 0 Å². The topological polar surface area (TPSA) is 12.9 Å². The SMILES string of the molecule is F.F.F.F.F.F.[SbH2][CH2]c1ccccc1.c1ccncc1. The smallest absolute Gasteiger partial charge is 0.0267 e. The van der Waals surface area contributed by atoms with E-state index in [1.807, 2.05) is 18.2 Å². The Hall–Kier alpha value is -1.23. The molecule has 2 rings (SSSR count). The molecule has 0 aliphatic carbocycles. The van der Waals surface area contributed by atoms with Crippen LogP contribution in [0.4, 0.5) is 28.2 Å². The maximum absolute atomic E-state index is 3.78. The maximum Gasteiger partial charge on any atom is 0.0267 e. The molecule has 0 bridgehead atoms. The first kappa shape index (κ1) is 36.3. The van der Waals surface area contributed by atoms with Crippen molar-refractivity contribution in [2.45, 2.75) is 4.37 Å². The van der Waals surface area contributed by atoms with E-state index in [0.717, 1.165) is 0 Å². The van der Waals surface area contributed by atoms with Gasteiger partial charge >= 0.3 is 63.3 Å². The fraction of sp³-hybridized carbons (Fsp3) is 0.0833. The molecule has 1 aromatic heterocycles. The average Bonchev–Trinajstić information content (AvgIpc) is 2.33. The van der Waals surface area contributed by atoms with Crippen LogP contribution in [0.1, 0.15) is 5.56 Å². The summed E-state index contributed by atoms with van der Waals surface area (Å²) in [6, 6.07) is 16.3. The molecule has 0 spiro atoms. The van der Waals surface area contributed by atoms with Crippen LogP contribution in [-0.2, 0) is 4.37 Å². The third-order valence-electron chi connectivity index (χ3n) is 1.65. The minimum absolute atomic E-state index is 0. The number of rotatable bonds is 1. The van der Waals surface area contributed by atoms with Crippen molar-refractivity contribution in [2.75, 3.05) is 0 Å². The largest absolute Gasteiger partial charge is 0.265 e. The zero-order valence-electron chi connectivity index (χ0n) is 10.5. The Morgan fingerprint density at radius 3 is 1.25 bits per heavy atom. The molecule has 1 nitrogen and oxygen atoms in total. The van der Waals surface area contributed by atoms with Gasteiger partial charge in [-0.3, -0.25) is 33.2 Å². The molecule has 120 valence electrons. The summed E-state index contributed by atoms with van der Waals surface area (Å²) in [4.78, 5) is 3.78. The standard InChI is InChI=1S/C7H7.C5H5N.6FH.Sb.2H/c1-7-5-3-2-4-6-7;1-2-4-6-5-3-1;;;;;;;;;/h2-6H,1H2;1-5H;6*1H;;;. The molecule has 0 saturated heterocycles. The Balaban J connectivity index is -0.0000000383. The van der Waals surface area contributed by atoms with Crippen LogP contribution in [0.25, 0.3) is 0 Å². The summed E-state index contributed by atoms with van der Waals surface area (Å²) in [6.45, 7) is 0. The summed E-state index contributed by atoms with van der Waals surface area (Å²) in [7, 11) is 0. The van der Waals surface area contributed by atoms with Crippen molar-refractivity contribution >= 4 is 23.0 Å². The molecule has 2 aromatic rings. The van der Waals surface area contributed by atoms with Crippen molar-refractivity contribution in [3.63, 3.8) is 0 Å². The molecule has 0 N–H and O–H groups in total. The molecule has 0 aliphatic rings. The number of nitrogens with zero attached hydrogens (tertiary/aromatic N) is 1. The fourth-order valence-electron chi connectivity index (χ4n) is 0.927. The van der Waals surface area contributed by atoms with E-state index < -0.39 is 0 Å².